The van der Waals surface area contributed by atoms with E-state index in [-0.39, 0.29) is 16.9 Å². The molecule has 1 saturated heterocycles. The van der Waals surface area contributed by atoms with Gasteiger partial charge in [-0.25, -0.2) is 9.97 Å². The molecule has 17 heavy (non-hydrogen) atoms. The molecule has 1 amide bonds. The number of aromatic nitrogens is 2. The Balaban J connectivity index is 2.39. The third kappa shape index (κ3) is 2.19. The minimum atomic E-state index is -0.359. The number of thiocarbonyl (C=S) groups is 1. The summed E-state index contributed by atoms with van der Waals surface area (Å²) in [6.07, 6.45) is 4.68. The molecule has 6 nitrogen and oxygen atoms in total. The van der Waals surface area contributed by atoms with Crippen LogP contribution in [-0.2, 0) is 4.79 Å². The minimum absolute atomic E-state index is 0.170. The fourth-order valence-corrected chi connectivity index (χ4v) is 2.17. The average Bonchev–Trinajstić information content (AvgIpc) is 2.77. The molecule has 90 valence electrons. The normalized spacial score (nSPS) is 19.3. The molecule has 0 saturated carbocycles. The molecule has 1 aliphatic heterocycles. The molecule has 1 atom stereocenters. The van der Waals surface area contributed by atoms with Gasteiger partial charge in [0.25, 0.3) is 0 Å². The molecular weight excluding hydrogens is 238 g/mol. The van der Waals surface area contributed by atoms with Gasteiger partial charge in [-0.05, 0) is 12.8 Å². The first-order valence-corrected chi connectivity index (χ1v) is 5.69. The van der Waals surface area contributed by atoms with Gasteiger partial charge in [0.1, 0.15) is 16.7 Å². The lowest BCUT2D eigenvalue weighted by Crippen LogP contribution is -2.41. The predicted octanol–water partition coefficient (Wildman–Crippen LogP) is -0.435. The summed E-state index contributed by atoms with van der Waals surface area (Å²) in [6, 6.07) is -0.347. The number of carbonyl (C=O) groups is 1. The monoisotopic (exact) mass is 251 g/mol. The molecule has 0 spiro atoms. The molecule has 2 rings (SSSR count). The maximum Gasteiger partial charge on any atom is 0.240 e. The Hall–Kier alpha value is -1.76. The van der Waals surface area contributed by atoms with E-state index in [1.807, 2.05) is 4.90 Å². The van der Waals surface area contributed by atoms with Gasteiger partial charge >= 0.3 is 0 Å². The van der Waals surface area contributed by atoms with Gasteiger partial charge in [-0.2, -0.15) is 0 Å². The number of hydrogen-bond acceptors (Lipinski definition) is 5. The Morgan fingerprint density at radius 3 is 2.76 bits per heavy atom. The van der Waals surface area contributed by atoms with E-state index >= 15 is 0 Å². The summed E-state index contributed by atoms with van der Waals surface area (Å²) in [7, 11) is 0. The first-order valence-electron chi connectivity index (χ1n) is 5.28. The quantitative estimate of drug-likeness (QED) is 0.707. The van der Waals surface area contributed by atoms with Gasteiger partial charge in [-0.1, -0.05) is 12.2 Å². The predicted molar refractivity (Wildman–Crippen MR) is 67.5 cm³/mol. The third-order valence-electron chi connectivity index (χ3n) is 2.77. The van der Waals surface area contributed by atoms with Gasteiger partial charge in [-0.15, -0.1) is 0 Å². The highest BCUT2D eigenvalue weighted by Crippen LogP contribution is 2.25. The van der Waals surface area contributed by atoms with E-state index in [1.54, 1.807) is 6.20 Å². The molecule has 4 N–H and O–H groups in total. The molecule has 1 aliphatic rings. The van der Waals surface area contributed by atoms with Crippen molar-refractivity contribution in [2.45, 2.75) is 18.9 Å². The lowest BCUT2D eigenvalue weighted by atomic mass is 10.2. The molecule has 0 aromatic carbocycles. The minimum Gasteiger partial charge on any atom is -0.388 e. The number of nitrogens with zero attached hydrogens (tertiary/aromatic N) is 3. The van der Waals surface area contributed by atoms with Crippen molar-refractivity contribution in [2.75, 3.05) is 11.4 Å². The zero-order chi connectivity index (χ0) is 12.4. The van der Waals surface area contributed by atoms with Crippen LogP contribution in [0.1, 0.15) is 18.5 Å². The van der Waals surface area contributed by atoms with Crippen molar-refractivity contribution < 1.29 is 4.79 Å². The lowest BCUT2D eigenvalue weighted by molar-refractivity contribution is -0.119. The van der Waals surface area contributed by atoms with Gasteiger partial charge in [0, 0.05) is 18.9 Å². The summed E-state index contributed by atoms with van der Waals surface area (Å²) >= 11 is 4.92. The third-order valence-corrected chi connectivity index (χ3v) is 2.96. The second-order valence-electron chi connectivity index (χ2n) is 3.85. The number of carbonyl (C=O) groups excluding carboxylic acids is 1. The van der Waals surface area contributed by atoms with E-state index in [1.165, 1.54) is 6.20 Å². The van der Waals surface area contributed by atoms with Crippen molar-refractivity contribution >= 4 is 28.9 Å². The van der Waals surface area contributed by atoms with Gasteiger partial charge in [0.05, 0.1) is 0 Å². The van der Waals surface area contributed by atoms with E-state index < -0.39 is 0 Å². The van der Waals surface area contributed by atoms with Crippen LogP contribution in [0.15, 0.2) is 12.4 Å². The molecule has 1 fully saturated rings. The van der Waals surface area contributed by atoms with Crippen LogP contribution in [0.3, 0.4) is 0 Å². The maximum absolute atomic E-state index is 11.3. The summed E-state index contributed by atoms with van der Waals surface area (Å²) in [6.45, 7) is 0.710. The molecule has 2 heterocycles. The van der Waals surface area contributed by atoms with Crippen molar-refractivity contribution in [3.63, 3.8) is 0 Å². The Kier molecular flexibility index (Phi) is 3.19. The molecule has 0 aliphatic carbocycles. The maximum atomic E-state index is 11.3. The van der Waals surface area contributed by atoms with Crippen LogP contribution in [0.5, 0.6) is 0 Å². The van der Waals surface area contributed by atoms with Crippen LogP contribution in [0, 0.1) is 0 Å². The van der Waals surface area contributed by atoms with Crippen LogP contribution in [0.25, 0.3) is 0 Å². The van der Waals surface area contributed by atoms with Crippen molar-refractivity contribution in [3.05, 3.63) is 18.1 Å². The Morgan fingerprint density at radius 1 is 1.41 bits per heavy atom. The van der Waals surface area contributed by atoms with E-state index in [0.717, 1.165) is 12.8 Å². The smallest absolute Gasteiger partial charge is 0.240 e. The zero-order valence-corrected chi connectivity index (χ0v) is 9.98. The van der Waals surface area contributed by atoms with Gasteiger partial charge in [0.15, 0.2) is 5.82 Å². The van der Waals surface area contributed by atoms with Crippen molar-refractivity contribution in [3.8, 4) is 0 Å². The first-order chi connectivity index (χ1) is 8.11. The highest BCUT2D eigenvalue weighted by molar-refractivity contribution is 7.80. The van der Waals surface area contributed by atoms with Crippen LogP contribution in [0.4, 0.5) is 5.82 Å². The second kappa shape index (κ2) is 4.62. The SMILES string of the molecule is NC(=O)C1CCCN1c1nccnc1C(N)=S. The van der Waals surface area contributed by atoms with E-state index in [4.69, 9.17) is 23.7 Å². The van der Waals surface area contributed by atoms with Crippen molar-refractivity contribution in [1.29, 1.82) is 0 Å². The average molecular weight is 251 g/mol. The van der Waals surface area contributed by atoms with Crippen molar-refractivity contribution in [2.24, 2.45) is 11.5 Å². The number of rotatable bonds is 3. The van der Waals surface area contributed by atoms with E-state index in [2.05, 4.69) is 9.97 Å². The number of nitrogens with two attached hydrogens (primary N) is 2. The highest BCUT2D eigenvalue weighted by Gasteiger charge is 2.31. The fraction of sp³-hybridized carbons (Fsp3) is 0.400. The zero-order valence-electron chi connectivity index (χ0n) is 9.17. The number of hydrogen-bond donors (Lipinski definition) is 2. The molecule has 1 unspecified atom stereocenters. The number of primary amides is 1. The number of amides is 1. The molecular formula is C10H13N5OS. The Morgan fingerprint density at radius 2 is 2.12 bits per heavy atom. The Bertz CT molecular complexity index is 464. The summed E-state index contributed by atoms with van der Waals surface area (Å²) in [5.41, 5.74) is 11.4. The van der Waals surface area contributed by atoms with Crippen LogP contribution < -0.4 is 16.4 Å². The molecule has 0 bridgehead atoms. The molecule has 0 radical (unpaired) electrons. The summed E-state index contributed by atoms with van der Waals surface area (Å²) in [5.74, 6) is 0.184. The van der Waals surface area contributed by atoms with Crippen LogP contribution >= 0.6 is 12.2 Å². The van der Waals surface area contributed by atoms with Crippen LogP contribution in [-0.4, -0.2) is 33.5 Å². The van der Waals surface area contributed by atoms with E-state index in [9.17, 15) is 4.79 Å². The molecule has 1 aromatic rings. The van der Waals surface area contributed by atoms with Gasteiger partial charge in [-0.3, -0.25) is 4.79 Å². The van der Waals surface area contributed by atoms with Crippen LogP contribution in [0.2, 0.25) is 0 Å². The highest BCUT2D eigenvalue weighted by atomic mass is 32.1. The Labute approximate surface area is 104 Å². The lowest BCUT2D eigenvalue weighted by Gasteiger charge is -2.24. The largest absolute Gasteiger partial charge is 0.388 e. The topological polar surface area (TPSA) is 98.1 Å². The van der Waals surface area contributed by atoms with Gasteiger partial charge < -0.3 is 16.4 Å². The fourth-order valence-electron chi connectivity index (χ4n) is 2.03. The van der Waals surface area contributed by atoms with Gasteiger partial charge in [0.2, 0.25) is 5.91 Å². The summed E-state index contributed by atoms with van der Waals surface area (Å²) in [5, 5.41) is 0. The van der Waals surface area contributed by atoms with Crippen molar-refractivity contribution in [1.82, 2.24) is 9.97 Å². The standard InChI is InChI=1S/C10H13N5OS/c11-8(16)6-2-1-5-15(6)10-7(9(12)17)13-3-4-14-10/h3-4,6H,1-2,5H2,(H2,11,16)(H2,12,17). The molecule has 1 aromatic heterocycles. The number of anilines is 1. The molecule has 7 heteroatoms. The summed E-state index contributed by atoms with van der Waals surface area (Å²) in [4.78, 5) is 21.6. The summed E-state index contributed by atoms with van der Waals surface area (Å²) < 4.78 is 0. The first kappa shape index (κ1) is 11.7. The van der Waals surface area contributed by atoms with E-state index in [0.29, 0.717) is 18.1 Å². The second-order valence-corrected chi connectivity index (χ2v) is 4.29.